The summed E-state index contributed by atoms with van der Waals surface area (Å²) in [6.07, 6.45) is 4.28. The van der Waals surface area contributed by atoms with E-state index in [1.54, 1.807) is 6.08 Å². The minimum Gasteiger partial charge on any atom is -0.385 e. The second-order valence-corrected chi connectivity index (χ2v) is 6.60. The van der Waals surface area contributed by atoms with Gasteiger partial charge in [-0.1, -0.05) is 36.4 Å². The quantitative estimate of drug-likeness (QED) is 0.461. The summed E-state index contributed by atoms with van der Waals surface area (Å²) in [6.45, 7) is 5.42. The van der Waals surface area contributed by atoms with E-state index < -0.39 is 0 Å². The van der Waals surface area contributed by atoms with Crippen LogP contribution in [0.5, 0.6) is 0 Å². The molecule has 0 atom stereocenters. The number of carbonyl (C=O) groups excluding carboxylic acids is 1. The molecule has 3 aromatic rings. The van der Waals surface area contributed by atoms with Gasteiger partial charge in [-0.2, -0.15) is 5.10 Å². The number of nitrogens with zero attached hydrogens (tertiary/aromatic N) is 2. The molecule has 1 amide bonds. The molecule has 5 nitrogen and oxygen atoms in total. The largest absolute Gasteiger partial charge is 0.385 e. The topological polar surface area (TPSA) is 59.0 Å². The number of aryl methyl sites for hydroxylation is 1. The number of hydrogen-bond donors (Lipinski definition) is 2. The lowest BCUT2D eigenvalue weighted by molar-refractivity contribution is -0.116. The van der Waals surface area contributed by atoms with Gasteiger partial charge in [-0.15, -0.1) is 0 Å². The zero-order valence-electron chi connectivity index (χ0n) is 16.4. The number of rotatable bonds is 8. The summed E-state index contributed by atoms with van der Waals surface area (Å²) < 4.78 is 1.90. The maximum Gasteiger partial charge on any atom is 0.244 e. The zero-order chi connectivity index (χ0) is 19.8. The number of aromatic nitrogens is 2. The molecule has 3 rings (SSSR count). The van der Waals surface area contributed by atoms with E-state index in [1.165, 1.54) is 0 Å². The lowest BCUT2D eigenvalue weighted by Crippen LogP contribution is -2.23. The van der Waals surface area contributed by atoms with E-state index in [2.05, 4.69) is 15.7 Å². The summed E-state index contributed by atoms with van der Waals surface area (Å²) in [4.78, 5) is 12.1. The third-order valence-corrected chi connectivity index (χ3v) is 4.51. The van der Waals surface area contributed by atoms with Crippen LogP contribution in [0.2, 0.25) is 0 Å². The number of carbonyl (C=O) groups is 1. The summed E-state index contributed by atoms with van der Waals surface area (Å²) in [6, 6.07) is 20.0. The second kappa shape index (κ2) is 9.55. The Morgan fingerprint density at radius 1 is 1.00 bits per heavy atom. The van der Waals surface area contributed by atoms with E-state index in [4.69, 9.17) is 0 Å². The highest BCUT2D eigenvalue weighted by Gasteiger charge is 2.10. The molecule has 0 radical (unpaired) electrons. The fraction of sp³-hybridized carbons (Fsp3) is 0.217. The molecule has 0 spiro atoms. The van der Waals surface area contributed by atoms with Crippen LogP contribution in [0.3, 0.4) is 0 Å². The van der Waals surface area contributed by atoms with Crippen LogP contribution >= 0.6 is 0 Å². The van der Waals surface area contributed by atoms with E-state index in [-0.39, 0.29) is 5.91 Å². The Balaban J connectivity index is 1.50. The molecule has 0 saturated carbocycles. The van der Waals surface area contributed by atoms with Crippen LogP contribution in [0, 0.1) is 13.8 Å². The average Bonchev–Trinajstić information content (AvgIpc) is 3.01. The molecular weight excluding hydrogens is 348 g/mol. The van der Waals surface area contributed by atoms with Crippen LogP contribution in [0.15, 0.2) is 66.7 Å². The van der Waals surface area contributed by atoms with Gasteiger partial charge in [0.2, 0.25) is 5.91 Å². The zero-order valence-corrected chi connectivity index (χ0v) is 16.4. The Bertz CT molecular complexity index is 930. The monoisotopic (exact) mass is 374 g/mol. The van der Waals surface area contributed by atoms with Crippen LogP contribution in [-0.2, 0) is 4.79 Å². The summed E-state index contributed by atoms with van der Waals surface area (Å²) in [5.74, 6) is -0.0917. The Kier molecular flexibility index (Phi) is 6.63. The number of amides is 1. The predicted molar refractivity (Wildman–Crippen MR) is 115 cm³/mol. The molecule has 0 unspecified atom stereocenters. The molecule has 0 saturated heterocycles. The van der Waals surface area contributed by atoms with Crippen LogP contribution in [-0.4, -0.2) is 28.8 Å². The van der Waals surface area contributed by atoms with Crippen molar-refractivity contribution >= 4 is 17.7 Å². The number of nitrogens with one attached hydrogen (secondary N) is 2. The molecule has 1 aromatic heterocycles. The fourth-order valence-corrected chi connectivity index (χ4v) is 3.02. The highest BCUT2D eigenvalue weighted by atomic mass is 16.1. The summed E-state index contributed by atoms with van der Waals surface area (Å²) in [7, 11) is 0. The van der Waals surface area contributed by atoms with Crippen molar-refractivity contribution in [2.24, 2.45) is 0 Å². The van der Waals surface area contributed by atoms with Crippen LogP contribution < -0.4 is 10.6 Å². The number of anilines is 1. The first-order chi connectivity index (χ1) is 13.6. The maximum atomic E-state index is 12.1. The molecule has 5 heteroatoms. The van der Waals surface area contributed by atoms with Gasteiger partial charge < -0.3 is 10.6 Å². The number of benzene rings is 2. The normalized spacial score (nSPS) is 10.9. The Morgan fingerprint density at radius 2 is 1.68 bits per heavy atom. The first-order valence-corrected chi connectivity index (χ1v) is 9.51. The van der Waals surface area contributed by atoms with Gasteiger partial charge in [0.15, 0.2) is 0 Å². The first-order valence-electron chi connectivity index (χ1n) is 9.51. The lowest BCUT2D eigenvalue weighted by Gasteiger charge is -2.06. The van der Waals surface area contributed by atoms with Crippen molar-refractivity contribution in [3.63, 3.8) is 0 Å². The van der Waals surface area contributed by atoms with Gasteiger partial charge in [0.25, 0.3) is 0 Å². The van der Waals surface area contributed by atoms with Crippen molar-refractivity contribution in [1.82, 2.24) is 15.1 Å². The second-order valence-electron chi connectivity index (χ2n) is 6.60. The van der Waals surface area contributed by atoms with Crippen molar-refractivity contribution in [1.29, 1.82) is 0 Å². The summed E-state index contributed by atoms with van der Waals surface area (Å²) >= 11 is 0. The molecule has 0 fully saturated rings. The molecule has 2 N–H and O–H groups in total. The molecule has 0 aliphatic rings. The van der Waals surface area contributed by atoms with Gasteiger partial charge in [-0.3, -0.25) is 4.79 Å². The average molecular weight is 374 g/mol. The maximum absolute atomic E-state index is 12.1. The molecule has 0 aliphatic heterocycles. The molecule has 28 heavy (non-hydrogen) atoms. The minimum absolute atomic E-state index is 0.0917. The van der Waals surface area contributed by atoms with Crippen molar-refractivity contribution in [3.05, 3.63) is 83.7 Å². The van der Waals surface area contributed by atoms with Gasteiger partial charge in [0.1, 0.15) is 0 Å². The minimum atomic E-state index is -0.0917. The van der Waals surface area contributed by atoms with Crippen molar-refractivity contribution in [3.8, 4) is 5.69 Å². The lowest BCUT2D eigenvalue weighted by atomic mass is 10.2. The molecule has 0 aliphatic carbocycles. The Morgan fingerprint density at radius 3 is 2.39 bits per heavy atom. The van der Waals surface area contributed by atoms with Gasteiger partial charge in [0.05, 0.1) is 11.4 Å². The highest BCUT2D eigenvalue weighted by molar-refractivity contribution is 5.92. The van der Waals surface area contributed by atoms with Crippen molar-refractivity contribution in [2.45, 2.75) is 20.3 Å². The fourth-order valence-electron chi connectivity index (χ4n) is 3.02. The molecule has 0 bridgehead atoms. The van der Waals surface area contributed by atoms with Gasteiger partial charge >= 0.3 is 0 Å². The van der Waals surface area contributed by atoms with Crippen LogP contribution in [0.1, 0.15) is 23.4 Å². The third kappa shape index (κ3) is 5.10. The SMILES string of the molecule is Cc1nn(-c2ccccc2)c(C)c1C=CC(=O)NCCCNc1ccccc1. The van der Waals surface area contributed by atoms with E-state index in [0.29, 0.717) is 6.54 Å². The number of hydrogen-bond acceptors (Lipinski definition) is 3. The highest BCUT2D eigenvalue weighted by Crippen LogP contribution is 2.19. The molecule has 144 valence electrons. The molecular formula is C23H26N4O. The van der Waals surface area contributed by atoms with E-state index >= 15 is 0 Å². The molecule has 1 heterocycles. The molecule has 2 aromatic carbocycles. The summed E-state index contributed by atoms with van der Waals surface area (Å²) in [5, 5.41) is 10.9. The van der Waals surface area contributed by atoms with Crippen molar-refractivity contribution < 1.29 is 4.79 Å². The van der Waals surface area contributed by atoms with Gasteiger partial charge in [0, 0.05) is 36.1 Å². The van der Waals surface area contributed by atoms with Gasteiger partial charge in [-0.05, 0) is 50.6 Å². The van der Waals surface area contributed by atoms with Crippen LogP contribution in [0.4, 0.5) is 5.69 Å². The Hall–Kier alpha value is -3.34. The van der Waals surface area contributed by atoms with E-state index in [1.807, 2.05) is 85.3 Å². The Labute approximate surface area is 166 Å². The van der Waals surface area contributed by atoms with Gasteiger partial charge in [-0.25, -0.2) is 4.68 Å². The number of para-hydroxylation sites is 2. The first kappa shape index (κ1) is 19.4. The van der Waals surface area contributed by atoms with E-state index in [0.717, 1.165) is 41.3 Å². The van der Waals surface area contributed by atoms with E-state index in [9.17, 15) is 4.79 Å². The summed E-state index contributed by atoms with van der Waals surface area (Å²) in [5.41, 5.74) is 5.00. The van der Waals surface area contributed by atoms with Crippen LogP contribution in [0.25, 0.3) is 11.8 Å². The standard InChI is InChI=1S/C23H26N4O/c1-18-22(19(2)27(26-18)21-12-7-4-8-13-21)14-15-23(28)25-17-9-16-24-20-10-5-3-6-11-20/h3-8,10-15,24H,9,16-17H2,1-2H3,(H,25,28). The predicted octanol–water partition coefficient (Wildman–Crippen LogP) is 4.12. The smallest absolute Gasteiger partial charge is 0.244 e. The third-order valence-electron chi connectivity index (χ3n) is 4.51. The van der Waals surface area contributed by atoms with Crippen molar-refractivity contribution in [2.75, 3.05) is 18.4 Å².